The summed E-state index contributed by atoms with van der Waals surface area (Å²) < 4.78 is 22.7. The molecule has 1 unspecified atom stereocenters. The standard InChI is InChI=1S/C20H26N4O2S2.HI/c1-22-20(23-13-16-7-9-19(10-8-16)28(21,25)26)24-12-11-17(14-24)15-27-18-5-3-2-4-6-18;/h2-10,17H,11-15H2,1H3,(H,22,23)(H2,21,25,26);1H. The van der Waals surface area contributed by atoms with Crippen molar-refractivity contribution in [2.75, 3.05) is 25.9 Å². The molecule has 1 saturated heterocycles. The van der Waals surface area contributed by atoms with Gasteiger partial charge in [0.1, 0.15) is 0 Å². The smallest absolute Gasteiger partial charge is 0.238 e. The quantitative estimate of drug-likeness (QED) is 0.252. The number of thioether (sulfide) groups is 1. The zero-order valence-electron chi connectivity index (χ0n) is 16.3. The van der Waals surface area contributed by atoms with E-state index in [1.54, 1.807) is 19.2 Å². The second-order valence-electron chi connectivity index (χ2n) is 6.81. The molecule has 1 fully saturated rings. The molecule has 0 spiro atoms. The SMILES string of the molecule is CN=C(NCc1ccc(S(N)(=O)=O)cc1)N1CCC(CSc2ccccc2)C1.I. The van der Waals surface area contributed by atoms with Crippen LogP contribution < -0.4 is 10.5 Å². The van der Waals surface area contributed by atoms with Gasteiger partial charge in [0.05, 0.1) is 4.90 Å². The largest absolute Gasteiger partial charge is 0.352 e. The number of halogens is 1. The maximum absolute atomic E-state index is 11.3. The van der Waals surface area contributed by atoms with Crippen LogP contribution in [0.15, 0.2) is 69.4 Å². The average Bonchev–Trinajstić information content (AvgIpc) is 3.16. The van der Waals surface area contributed by atoms with Gasteiger partial charge >= 0.3 is 0 Å². The highest BCUT2D eigenvalue weighted by molar-refractivity contribution is 14.0. The van der Waals surface area contributed by atoms with Crippen LogP contribution >= 0.6 is 35.7 Å². The molecule has 29 heavy (non-hydrogen) atoms. The normalized spacial score (nSPS) is 17.1. The molecule has 1 atom stereocenters. The minimum Gasteiger partial charge on any atom is -0.352 e. The van der Waals surface area contributed by atoms with E-state index in [1.165, 1.54) is 17.0 Å². The van der Waals surface area contributed by atoms with Gasteiger partial charge in [-0.05, 0) is 42.2 Å². The van der Waals surface area contributed by atoms with E-state index in [1.807, 2.05) is 17.8 Å². The maximum Gasteiger partial charge on any atom is 0.238 e. The summed E-state index contributed by atoms with van der Waals surface area (Å²) in [6.45, 7) is 2.56. The number of benzene rings is 2. The Balaban J connectivity index is 0.00000300. The summed E-state index contributed by atoms with van der Waals surface area (Å²) in [6.07, 6.45) is 1.16. The first-order chi connectivity index (χ1) is 13.5. The first kappa shape index (κ1) is 24.0. The van der Waals surface area contributed by atoms with Gasteiger partial charge in [-0.2, -0.15) is 0 Å². The van der Waals surface area contributed by atoms with E-state index in [9.17, 15) is 8.42 Å². The number of nitrogens with zero attached hydrogens (tertiary/aromatic N) is 2. The zero-order valence-corrected chi connectivity index (χ0v) is 20.3. The molecule has 3 rings (SSSR count). The molecule has 9 heteroatoms. The Kier molecular flexibility index (Phi) is 9.25. The second kappa shape index (κ2) is 11.2. The summed E-state index contributed by atoms with van der Waals surface area (Å²) in [5.74, 6) is 2.62. The van der Waals surface area contributed by atoms with E-state index in [4.69, 9.17) is 5.14 Å². The van der Waals surface area contributed by atoms with Crippen molar-refractivity contribution >= 4 is 51.7 Å². The lowest BCUT2D eigenvalue weighted by Crippen LogP contribution is -2.39. The molecule has 1 aliphatic heterocycles. The van der Waals surface area contributed by atoms with E-state index >= 15 is 0 Å². The third kappa shape index (κ3) is 7.16. The highest BCUT2D eigenvalue weighted by atomic mass is 127. The molecule has 6 nitrogen and oxygen atoms in total. The number of rotatable bonds is 6. The summed E-state index contributed by atoms with van der Waals surface area (Å²) >= 11 is 1.91. The molecule has 0 amide bonds. The average molecular weight is 547 g/mol. The van der Waals surface area contributed by atoms with Gasteiger partial charge in [0.2, 0.25) is 10.0 Å². The van der Waals surface area contributed by atoms with Gasteiger partial charge in [0.25, 0.3) is 0 Å². The first-order valence-electron chi connectivity index (χ1n) is 9.21. The van der Waals surface area contributed by atoms with Gasteiger partial charge in [-0.1, -0.05) is 30.3 Å². The van der Waals surface area contributed by atoms with Crippen molar-refractivity contribution in [2.45, 2.75) is 22.8 Å². The van der Waals surface area contributed by atoms with Gasteiger partial charge in [-0.3, -0.25) is 4.99 Å². The lowest BCUT2D eigenvalue weighted by atomic mass is 10.2. The Bertz CT molecular complexity index is 906. The second-order valence-corrected chi connectivity index (χ2v) is 9.47. The molecule has 3 N–H and O–H groups in total. The number of guanidine groups is 1. The molecule has 1 heterocycles. The first-order valence-corrected chi connectivity index (χ1v) is 11.7. The fourth-order valence-electron chi connectivity index (χ4n) is 3.20. The van der Waals surface area contributed by atoms with Gasteiger partial charge in [0.15, 0.2) is 5.96 Å². The molecule has 2 aromatic carbocycles. The van der Waals surface area contributed by atoms with Crippen molar-refractivity contribution in [3.8, 4) is 0 Å². The predicted molar refractivity (Wildman–Crippen MR) is 130 cm³/mol. The third-order valence-corrected chi connectivity index (χ3v) is 6.90. The van der Waals surface area contributed by atoms with Gasteiger partial charge in [0, 0.05) is 37.3 Å². The van der Waals surface area contributed by atoms with Crippen LogP contribution in [-0.4, -0.2) is 45.2 Å². The Morgan fingerprint density at radius 3 is 2.52 bits per heavy atom. The number of hydrogen-bond donors (Lipinski definition) is 2. The summed E-state index contributed by atoms with van der Waals surface area (Å²) in [4.78, 5) is 8.13. The molecular weight excluding hydrogens is 519 g/mol. The minimum absolute atomic E-state index is 0. The summed E-state index contributed by atoms with van der Waals surface area (Å²) in [7, 11) is -1.86. The number of likely N-dealkylation sites (tertiary alicyclic amines) is 1. The minimum atomic E-state index is -3.65. The fraction of sp³-hybridized carbons (Fsp3) is 0.350. The van der Waals surface area contributed by atoms with Crippen LogP contribution in [0.1, 0.15) is 12.0 Å². The fourth-order valence-corrected chi connectivity index (χ4v) is 4.77. The molecule has 0 aliphatic carbocycles. The Morgan fingerprint density at radius 2 is 1.90 bits per heavy atom. The Hall–Kier alpha value is -1.30. The number of sulfonamides is 1. The summed E-state index contributed by atoms with van der Waals surface area (Å²) in [5.41, 5.74) is 0.976. The molecule has 1 aliphatic rings. The van der Waals surface area contributed by atoms with Crippen molar-refractivity contribution in [3.05, 3.63) is 60.2 Å². The lowest BCUT2D eigenvalue weighted by Gasteiger charge is -2.22. The van der Waals surface area contributed by atoms with Crippen molar-refractivity contribution < 1.29 is 8.42 Å². The highest BCUT2D eigenvalue weighted by Gasteiger charge is 2.24. The zero-order chi connectivity index (χ0) is 20.0. The van der Waals surface area contributed by atoms with Crippen LogP contribution in [0.3, 0.4) is 0 Å². The third-order valence-electron chi connectivity index (χ3n) is 4.73. The predicted octanol–water partition coefficient (Wildman–Crippen LogP) is 3.14. The van der Waals surface area contributed by atoms with Crippen LogP contribution in [0.2, 0.25) is 0 Å². The van der Waals surface area contributed by atoms with Crippen molar-refractivity contribution in [3.63, 3.8) is 0 Å². The van der Waals surface area contributed by atoms with E-state index in [0.717, 1.165) is 36.8 Å². The van der Waals surface area contributed by atoms with Gasteiger partial charge in [-0.25, -0.2) is 13.6 Å². The number of nitrogens with one attached hydrogen (secondary N) is 1. The van der Waals surface area contributed by atoms with Gasteiger partial charge in [-0.15, -0.1) is 35.7 Å². The van der Waals surface area contributed by atoms with Crippen LogP contribution in [0, 0.1) is 5.92 Å². The highest BCUT2D eigenvalue weighted by Crippen LogP contribution is 2.25. The van der Waals surface area contributed by atoms with E-state index in [-0.39, 0.29) is 28.9 Å². The van der Waals surface area contributed by atoms with Crippen LogP contribution in [0.5, 0.6) is 0 Å². The van der Waals surface area contributed by atoms with Crippen molar-refractivity contribution in [2.24, 2.45) is 16.0 Å². The van der Waals surface area contributed by atoms with Crippen LogP contribution in [-0.2, 0) is 16.6 Å². The number of primary sulfonamides is 1. The number of hydrogen-bond acceptors (Lipinski definition) is 4. The molecule has 0 aromatic heterocycles. The summed E-state index contributed by atoms with van der Waals surface area (Å²) in [6, 6.07) is 17.1. The molecule has 0 radical (unpaired) electrons. The molecule has 0 saturated carbocycles. The Labute approximate surface area is 194 Å². The number of nitrogens with two attached hydrogens (primary N) is 1. The van der Waals surface area contributed by atoms with Gasteiger partial charge < -0.3 is 10.2 Å². The summed E-state index contributed by atoms with van der Waals surface area (Å²) in [5, 5.41) is 8.51. The maximum atomic E-state index is 11.3. The Morgan fingerprint density at radius 1 is 1.21 bits per heavy atom. The molecular formula is C20H27IN4O2S2. The van der Waals surface area contributed by atoms with Crippen LogP contribution in [0.4, 0.5) is 0 Å². The molecule has 158 valence electrons. The van der Waals surface area contributed by atoms with Crippen molar-refractivity contribution in [1.29, 1.82) is 0 Å². The molecule has 2 aromatic rings. The van der Waals surface area contributed by atoms with Crippen molar-refractivity contribution in [1.82, 2.24) is 10.2 Å². The number of aliphatic imine (C=N–C) groups is 1. The van der Waals surface area contributed by atoms with Crippen LogP contribution in [0.25, 0.3) is 0 Å². The van der Waals surface area contributed by atoms with E-state index < -0.39 is 10.0 Å². The monoisotopic (exact) mass is 546 g/mol. The molecule has 0 bridgehead atoms. The van der Waals surface area contributed by atoms with E-state index in [2.05, 4.69) is 39.5 Å². The topological polar surface area (TPSA) is 87.8 Å². The van der Waals surface area contributed by atoms with E-state index in [0.29, 0.717) is 12.5 Å². The lowest BCUT2D eigenvalue weighted by molar-refractivity contribution is 0.474.